The highest BCUT2D eigenvalue weighted by Crippen LogP contribution is 2.19. The normalized spacial score (nSPS) is 10.6. The summed E-state index contributed by atoms with van der Waals surface area (Å²) in [6, 6.07) is 10.9. The minimum atomic E-state index is 0.524. The van der Waals surface area contributed by atoms with Crippen LogP contribution in [0, 0.1) is 22.7 Å². The van der Waals surface area contributed by atoms with Crippen LogP contribution in [0.3, 0.4) is 0 Å². The zero-order valence-electron chi connectivity index (χ0n) is 8.75. The molecule has 0 saturated carbocycles. The number of nitriles is 2. The Labute approximate surface area is 97.7 Å². The summed E-state index contributed by atoms with van der Waals surface area (Å²) < 4.78 is 0. The molecule has 17 heavy (non-hydrogen) atoms. The fraction of sp³-hybridized carbons (Fsp3) is 0. The van der Waals surface area contributed by atoms with Crippen LogP contribution >= 0.6 is 0 Å². The molecule has 0 unspecified atom stereocenters. The SMILES string of the molecule is N#CC=C(c1ccc(C#N)cc1)c1ncn[nH]1. The predicted octanol–water partition coefficient (Wildman–Crippen LogP) is 1.63. The lowest BCUT2D eigenvalue weighted by Gasteiger charge is -2.02. The van der Waals surface area contributed by atoms with Gasteiger partial charge in [-0.25, -0.2) is 4.98 Å². The maximum atomic E-state index is 8.76. The minimum Gasteiger partial charge on any atom is -0.259 e. The van der Waals surface area contributed by atoms with Crippen molar-refractivity contribution in [1.29, 1.82) is 10.5 Å². The van der Waals surface area contributed by atoms with E-state index in [2.05, 4.69) is 15.2 Å². The van der Waals surface area contributed by atoms with E-state index in [0.717, 1.165) is 5.56 Å². The summed E-state index contributed by atoms with van der Waals surface area (Å²) in [5.41, 5.74) is 2.03. The van der Waals surface area contributed by atoms with E-state index in [4.69, 9.17) is 10.5 Å². The number of rotatable bonds is 2. The molecule has 0 fully saturated rings. The van der Waals surface area contributed by atoms with Gasteiger partial charge in [0.05, 0.1) is 17.7 Å². The highest BCUT2D eigenvalue weighted by Gasteiger charge is 2.07. The summed E-state index contributed by atoms with van der Waals surface area (Å²) in [5.74, 6) is 0.524. The van der Waals surface area contributed by atoms with E-state index in [0.29, 0.717) is 17.0 Å². The number of aromatic amines is 1. The fourth-order valence-corrected chi connectivity index (χ4v) is 1.41. The smallest absolute Gasteiger partial charge is 0.156 e. The second kappa shape index (κ2) is 4.73. The van der Waals surface area contributed by atoms with Crippen LogP contribution in [0.2, 0.25) is 0 Å². The molecule has 0 aliphatic carbocycles. The van der Waals surface area contributed by atoms with Gasteiger partial charge >= 0.3 is 0 Å². The van der Waals surface area contributed by atoms with Gasteiger partial charge in [-0.05, 0) is 17.7 Å². The van der Waals surface area contributed by atoms with Crippen LogP contribution in [0.4, 0.5) is 0 Å². The van der Waals surface area contributed by atoms with E-state index in [-0.39, 0.29) is 0 Å². The molecule has 80 valence electrons. The topological polar surface area (TPSA) is 89.2 Å². The molecule has 1 aromatic heterocycles. The van der Waals surface area contributed by atoms with Crippen molar-refractivity contribution in [2.75, 3.05) is 0 Å². The molecule has 2 rings (SSSR count). The van der Waals surface area contributed by atoms with Gasteiger partial charge in [-0.15, -0.1) is 0 Å². The highest BCUT2D eigenvalue weighted by atomic mass is 15.2. The number of hydrogen-bond acceptors (Lipinski definition) is 4. The molecule has 0 atom stereocenters. The summed E-state index contributed by atoms with van der Waals surface area (Å²) in [6.07, 6.45) is 2.77. The van der Waals surface area contributed by atoms with Crippen LogP contribution in [0.25, 0.3) is 5.57 Å². The molecule has 0 aliphatic heterocycles. The fourth-order valence-electron chi connectivity index (χ4n) is 1.41. The zero-order chi connectivity index (χ0) is 12.1. The van der Waals surface area contributed by atoms with Gasteiger partial charge in [0.25, 0.3) is 0 Å². The second-order valence-electron chi connectivity index (χ2n) is 3.21. The Morgan fingerprint density at radius 1 is 1.24 bits per heavy atom. The van der Waals surface area contributed by atoms with Gasteiger partial charge in [-0.2, -0.15) is 15.6 Å². The zero-order valence-corrected chi connectivity index (χ0v) is 8.75. The molecule has 1 aromatic carbocycles. The first-order valence-electron chi connectivity index (χ1n) is 4.81. The molecule has 0 amide bonds. The lowest BCUT2D eigenvalue weighted by molar-refractivity contribution is 1.07. The maximum Gasteiger partial charge on any atom is 0.156 e. The molecule has 0 radical (unpaired) electrons. The van der Waals surface area contributed by atoms with Gasteiger partial charge in [0.15, 0.2) is 5.82 Å². The van der Waals surface area contributed by atoms with E-state index >= 15 is 0 Å². The summed E-state index contributed by atoms with van der Waals surface area (Å²) in [5, 5.41) is 23.9. The van der Waals surface area contributed by atoms with Crippen LogP contribution < -0.4 is 0 Å². The van der Waals surface area contributed by atoms with Crippen molar-refractivity contribution < 1.29 is 0 Å². The lowest BCUT2D eigenvalue weighted by Crippen LogP contribution is -1.91. The summed E-state index contributed by atoms with van der Waals surface area (Å²) in [4.78, 5) is 4.00. The second-order valence-corrected chi connectivity index (χ2v) is 3.21. The van der Waals surface area contributed by atoms with Crippen molar-refractivity contribution in [3.8, 4) is 12.1 Å². The first-order valence-corrected chi connectivity index (χ1v) is 4.81. The van der Waals surface area contributed by atoms with Gasteiger partial charge in [-0.1, -0.05) is 12.1 Å². The third kappa shape index (κ3) is 2.19. The molecule has 0 bridgehead atoms. The van der Waals surface area contributed by atoms with Crippen molar-refractivity contribution in [3.63, 3.8) is 0 Å². The number of H-pyrrole nitrogens is 1. The Morgan fingerprint density at radius 2 is 2.00 bits per heavy atom. The number of aromatic nitrogens is 3. The first-order chi connectivity index (χ1) is 8.35. The number of benzene rings is 1. The van der Waals surface area contributed by atoms with Gasteiger partial charge in [0, 0.05) is 11.6 Å². The molecule has 2 aromatic rings. The molecular weight excluding hydrogens is 214 g/mol. The predicted molar refractivity (Wildman–Crippen MR) is 60.2 cm³/mol. The Morgan fingerprint density at radius 3 is 2.53 bits per heavy atom. The molecule has 0 saturated heterocycles. The molecule has 0 spiro atoms. The average molecular weight is 221 g/mol. The van der Waals surface area contributed by atoms with Crippen molar-refractivity contribution >= 4 is 5.57 Å². The molecule has 5 heteroatoms. The van der Waals surface area contributed by atoms with Crippen molar-refractivity contribution in [2.24, 2.45) is 0 Å². The number of allylic oxidation sites excluding steroid dienone is 1. The maximum absolute atomic E-state index is 8.76. The largest absolute Gasteiger partial charge is 0.259 e. The standard InChI is InChI=1S/C12H7N5/c13-6-5-11(12-15-8-16-17-12)10-3-1-9(7-14)2-4-10/h1-5,8H,(H,15,16,17). The van der Waals surface area contributed by atoms with Crippen LogP contribution in [0.1, 0.15) is 17.0 Å². The lowest BCUT2D eigenvalue weighted by atomic mass is 10.0. The summed E-state index contributed by atoms with van der Waals surface area (Å²) >= 11 is 0. The Hall–Kier alpha value is -2.92. The quantitative estimate of drug-likeness (QED) is 0.780. The molecule has 0 aliphatic rings. The van der Waals surface area contributed by atoms with Crippen molar-refractivity contribution in [1.82, 2.24) is 15.2 Å². The van der Waals surface area contributed by atoms with Crippen LogP contribution in [-0.4, -0.2) is 15.2 Å². The van der Waals surface area contributed by atoms with Crippen LogP contribution in [-0.2, 0) is 0 Å². The average Bonchev–Trinajstić information content (AvgIpc) is 2.90. The number of nitrogens with zero attached hydrogens (tertiary/aromatic N) is 4. The summed E-state index contributed by atoms with van der Waals surface area (Å²) in [6.45, 7) is 0. The third-order valence-corrected chi connectivity index (χ3v) is 2.20. The number of hydrogen-bond donors (Lipinski definition) is 1. The summed E-state index contributed by atoms with van der Waals surface area (Å²) in [7, 11) is 0. The first kappa shape index (κ1) is 10.6. The van der Waals surface area contributed by atoms with Gasteiger partial charge in [-0.3, -0.25) is 5.10 Å². The minimum absolute atomic E-state index is 0.524. The molecule has 1 heterocycles. The highest BCUT2D eigenvalue weighted by molar-refractivity contribution is 5.77. The van der Waals surface area contributed by atoms with Gasteiger partial charge in [0.1, 0.15) is 6.33 Å². The van der Waals surface area contributed by atoms with E-state index in [1.807, 2.05) is 12.1 Å². The third-order valence-electron chi connectivity index (χ3n) is 2.20. The Bertz CT molecular complexity index is 608. The molecule has 5 nitrogen and oxygen atoms in total. The monoisotopic (exact) mass is 221 g/mol. The van der Waals surface area contributed by atoms with Crippen molar-refractivity contribution in [2.45, 2.75) is 0 Å². The van der Waals surface area contributed by atoms with E-state index in [1.165, 1.54) is 12.4 Å². The van der Waals surface area contributed by atoms with Gasteiger partial charge < -0.3 is 0 Å². The molecular formula is C12H7N5. The molecule has 1 N–H and O–H groups in total. The van der Waals surface area contributed by atoms with E-state index in [1.54, 1.807) is 24.3 Å². The Kier molecular flexibility index (Phi) is 2.95. The van der Waals surface area contributed by atoms with E-state index < -0.39 is 0 Å². The van der Waals surface area contributed by atoms with Crippen LogP contribution in [0.5, 0.6) is 0 Å². The Balaban J connectivity index is 2.45. The van der Waals surface area contributed by atoms with Crippen molar-refractivity contribution in [3.05, 3.63) is 53.6 Å². The van der Waals surface area contributed by atoms with E-state index in [9.17, 15) is 0 Å². The van der Waals surface area contributed by atoms with Crippen LogP contribution in [0.15, 0.2) is 36.7 Å². The van der Waals surface area contributed by atoms with Gasteiger partial charge in [0.2, 0.25) is 0 Å². The number of nitrogens with one attached hydrogen (secondary N) is 1.